The average Bonchev–Trinajstić information content (AvgIpc) is 3.34. The lowest BCUT2D eigenvalue weighted by molar-refractivity contribution is 0.102. The van der Waals surface area contributed by atoms with Gasteiger partial charge in [0.2, 0.25) is 5.89 Å². The van der Waals surface area contributed by atoms with Crippen molar-refractivity contribution in [3.8, 4) is 17.1 Å². The molecule has 128 valence electrons. The fourth-order valence-electron chi connectivity index (χ4n) is 2.53. The summed E-state index contributed by atoms with van der Waals surface area (Å²) in [5, 5.41) is 10.6. The number of hydrogen-bond donors (Lipinski definition) is 1. The molecule has 0 spiro atoms. The maximum absolute atomic E-state index is 12.5. The van der Waals surface area contributed by atoms with Crippen LogP contribution in [0.2, 0.25) is 0 Å². The van der Waals surface area contributed by atoms with E-state index in [1.54, 1.807) is 35.4 Å². The molecule has 0 atom stereocenters. The van der Waals surface area contributed by atoms with Crippen LogP contribution in [0.4, 0.5) is 5.69 Å². The van der Waals surface area contributed by atoms with Crippen molar-refractivity contribution in [1.29, 1.82) is 0 Å². The molecule has 0 fully saturated rings. The highest BCUT2D eigenvalue weighted by Crippen LogP contribution is 2.22. The Kier molecular flexibility index (Phi) is 4.03. The van der Waals surface area contributed by atoms with Crippen LogP contribution in [-0.2, 0) is 0 Å². The smallest absolute Gasteiger partial charge is 0.255 e. The molecule has 0 aliphatic carbocycles. The third-order valence-electron chi connectivity index (χ3n) is 3.81. The van der Waals surface area contributed by atoms with E-state index in [1.807, 2.05) is 43.3 Å². The van der Waals surface area contributed by atoms with Crippen LogP contribution in [-0.4, -0.2) is 25.9 Å². The van der Waals surface area contributed by atoms with E-state index in [4.69, 9.17) is 4.42 Å². The third-order valence-corrected chi connectivity index (χ3v) is 3.81. The van der Waals surface area contributed by atoms with E-state index in [0.717, 1.165) is 17.0 Å². The number of benzene rings is 2. The summed E-state index contributed by atoms with van der Waals surface area (Å²) in [5.41, 5.74) is 2.85. The number of carbonyl (C=O) groups excluding carboxylic acids is 1. The number of carbonyl (C=O) groups is 1. The van der Waals surface area contributed by atoms with Gasteiger partial charge in [-0.2, -0.15) is 0 Å². The molecule has 4 rings (SSSR count). The van der Waals surface area contributed by atoms with Gasteiger partial charge in [0.25, 0.3) is 5.91 Å². The van der Waals surface area contributed by atoms with Crippen LogP contribution < -0.4 is 5.32 Å². The monoisotopic (exact) mass is 345 g/mol. The third kappa shape index (κ3) is 3.23. The maximum Gasteiger partial charge on any atom is 0.255 e. The number of oxazole rings is 1. The SMILES string of the molecule is Cc1cnc(-c2cccc(NC(=O)c3ccc(-n4ccnn4)cc3)c2)o1. The molecule has 26 heavy (non-hydrogen) atoms. The molecule has 7 heteroatoms. The minimum atomic E-state index is -0.198. The van der Waals surface area contributed by atoms with Gasteiger partial charge in [0.1, 0.15) is 5.76 Å². The molecule has 0 saturated carbocycles. The van der Waals surface area contributed by atoms with Crippen LogP contribution in [0.15, 0.2) is 71.5 Å². The van der Waals surface area contributed by atoms with E-state index < -0.39 is 0 Å². The summed E-state index contributed by atoms with van der Waals surface area (Å²) < 4.78 is 7.15. The number of amides is 1. The number of nitrogens with zero attached hydrogens (tertiary/aromatic N) is 4. The molecule has 0 unspecified atom stereocenters. The van der Waals surface area contributed by atoms with Gasteiger partial charge in [-0.1, -0.05) is 11.3 Å². The first-order valence-corrected chi connectivity index (χ1v) is 8.00. The number of nitrogens with one attached hydrogen (secondary N) is 1. The van der Waals surface area contributed by atoms with E-state index in [1.165, 1.54) is 0 Å². The van der Waals surface area contributed by atoms with Crippen molar-refractivity contribution in [2.75, 3.05) is 5.32 Å². The number of aryl methyl sites for hydroxylation is 1. The second-order valence-electron chi connectivity index (χ2n) is 5.71. The zero-order valence-electron chi connectivity index (χ0n) is 14.0. The molecular weight excluding hydrogens is 330 g/mol. The van der Waals surface area contributed by atoms with Crippen molar-refractivity contribution in [3.05, 3.63) is 78.4 Å². The van der Waals surface area contributed by atoms with Gasteiger partial charge in [-0.05, 0) is 49.4 Å². The topological polar surface area (TPSA) is 85.8 Å². The van der Waals surface area contributed by atoms with E-state index >= 15 is 0 Å². The standard InChI is InChI=1S/C19H15N5O2/c1-13-12-20-19(26-13)15-3-2-4-16(11-15)22-18(25)14-5-7-17(8-6-14)24-10-9-21-23-24/h2-12H,1H3,(H,22,25). The first-order chi connectivity index (χ1) is 12.7. The summed E-state index contributed by atoms with van der Waals surface area (Å²) in [5.74, 6) is 1.06. The fraction of sp³-hybridized carbons (Fsp3) is 0.0526. The van der Waals surface area contributed by atoms with Gasteiger partial charge in [0, 0.05) is 16.8 Å². The van der Waals surface area contributed by atoms with Crippen LogP contribution in [0.25, 0.3) is 17.1 Å². The summed E-state index contributed by atoms with van der Waals surface area (Å²) >= 11 is 0. The Balaban J connectivity index is 1.51. The van der Waals surface area contributed by atoms with Gasteiger partial charge >= 0.3 is 0 Å². The summed E-state index contributed by atoms with van der Waals surface area (Å²) in [7, 11) is 0. The quantitative estimate of drug-likeness (QED) is 0.612. The number of aromatic nitrogens is 4. The van der Waals surface area contributed by atoms with Gasteiger partial charge in [0.15, 0.2) is 0 Å². The highest BCUT2D eigenvalue weighted by Gasteiger charge is 2.09. The summed E-state index contributed by atoms with van der Waals surface area (Å²) in [6, 6.07) is 14.5. The molecule has 2 aromatic heterocycles. The molecule has 0 bridgehead atoms. The molecule has 1 amide bonds. The van der Waals surface area contributed by atoms with Crippen LogP contribution in [0, 0.1) is 6.92 Å². The van der Waals surface area contributed by atoms with Gasteiger partial charge in [0.05, 0.1) is 24.3 Å². The molecule has 7 nitrogen and oxygen atoms in total. The zero-order chi connectivity index (χ0) is 17.9. The first kappa shape index (κ1) is 15.8. The van der Waals surface area contributed by atoms with Crippen molar-refractivity contribution < 1.29 is 9.21 Å². The van der Waals surface area contributed by atoms with Gasteiger partial charge in [-0.3, -0.25) is 4.79 Å². The van der Waals surface area contributed by atoms with Crippen molar-refractivity contribution in [2.45, 2.75) is 6.92 Å². The lowest BCUT2D eigenvalue weighted by atomic mass is 10.1. The molecule has 1 N–H and O–H groups in total. The first-order valence-electron chi connectivity index (χ1n) is 8.00. The second-order valence-corrected chi connectivity index (χ2v) is 5.71. The van der Waals surface area contributed by atoms with E-state index in [2.05, 4.69) is 20.6 Å². The summed E-state index contributed by atoms with van der Waals surface area (Å²) in [6.07, 6.45) is 5.01. The van der Waals surface area contributed by atoms with E-state index in [0.29, 0.717) is 17.1 Å². The maximum atomic E-state index is 12.5. The summed E-state index contributed by atoms with van der Waals surface area (Å²) in [4.78, 5) is 16.7. The Hall–Kier alpha value is -3.74. The fourth-order valence-corrected chi connectivity index (χ4v) is 2.53. The highest BCUT2D eigenvalue weighted by molar-refractivity contribution is 6.04. The highest BCUT2D eigenvalue weighted by atomic mass is 16.4. The molecule has 0 aliphatic rings. The molecule has 2 heterocycles. The average molecular weight is 345 g/mol. The van der Waals surface area contributed by atoms with E-state index in [-0.39, 0.29) is 5.91 Å². The molecule has 0 aliphatic heterocycles. The number of anilines is 1. The zero-order valence-corrected chi connectivity index (χ0v) is 14.0. The Bertz CT molecular complexity index is 1040. The van der Waals surface area contributed by atoms with Gasteiger partial charge in [-0.25, -0.2) is 9.67 Å². The predicted octanol–water partition coefficient (Wildman–Crippen LogP) is 3.48. The normalized spacial score (nSPS) is 10.7. The summed E-state index contributed by atoms with van der Waals surface area (Å²) in [6.45, 7) is 1.84. The van der Waals surface area contributed by atoms with Crippen molar-refractivity contribution in [3.63, 3.8) is 0 Å². The number of hydrogen-bond acceptors (Lipinski definition) is 5. The molecule has 4 aromatic rings. The second kappa shape index (κ2) is 6.64. The van der Waals surface area contributed by atoms with Crippen LogP contribution in [0.3, 0.4) is 0 Å². The lowest BCUT2D eigenvalue weighted by Gasteiger charge is -2.07. The molecule has 0 radical (unpaired) electrons. The van der Waals surface area contributed by atoms with Gasteiger partial charge < -0.3 is 9.73 Å². The van der Waals surface area contributed by atoms with Gasteiger partial charge in [-0.15, -0.1) is 5.10 Å². The molecule has 2 aromatic carbocycles. The van der Waals surface area contributed by atoms with Crippen LogP contribution >= 0.6 is 0 Å². The minimum absolute atomic E-state index is 0.198. The Morgan fingerprint density at radius 3 is 2.69 bits per heavy atom. The van der Waals surface area contributed by atoms with E-state index in [9.17, 15) is 4.79 Å². The van der Waals surface area contributed by atoms with Crippen molar-refractivity contribution in [2.24, 2.45) is 0 Å². The number of rotatable bonds is 4. The predicted molar refractivity (Wildman–Crippen MR) is 96.0 cm³/mol. The van der Waals surface area contributed by atoms with Crippen molar-refractivity contribution >= 4 is 11.6 Å². The Morgan fingerprint density at radius 2 is 2.00 bits per heavy atom. The minimum Gasteiger partial charge on any atom is -0.441 e. The largest absolute Gasteiger partial charge is 0.441 e. The molecular formula is C19H15N5O2. The van der Waals surface area contributed by atoms with Crippen LogP contribution in [0.1, 0.15) is 16.1 Å². The Labute approximate surface area is 149 Å². The Morgan fingerprint density at radius 1 is 1.15 bits per heavy atom. The van der Waals surface area contributed by atoms with Crippen LogP contribution in [0.5, 0.6) is 0 Å². The molecule has 0 saturated heterocycles. The lowest BCUT2D eigenvalue weighted by Crippen LogP contribution is -2.12. The van der Waals surface area contributed by atoms with Crippen molar-refractivity contribution in [1.82, 2.24) is 20.0 Å².